The average molecular weight is 477 g/mol. The fourth-order valence-corrected chi connectivity index (χ4v) is 5.32. The zero-order valence-electron chi connectivity index (χ0n) is 19.3. The van der Waals surface area contributed by atoms with Gasteiger partial charge >= 0.3 is 0 Å². The van der Waals surface area contributed by atoms with Gasteiger partial charge in [0, 0.05) is 18.1 Å². The Morgan fingerprint density at radius 2 is 1.94 bits per heavy atom. The molecule has 2 aromatic rings. The molecular weight excluding hydrogens is 444 g/mol. The molecule has 1 N–H and O–H groups in total. The van der Waals surface area contributed by atoms with Crippen molar-refractivity contribution in [3.63, 3.8) is 0 Å². The fraction of sp³-hybridized carbons (Fsp3) is 0.458. The number of thioether (sulfide) groups is 1. The maximum absolute atomic E-state index is 12.7. The largest absolute Gasteiger partial charge is 0.476 e. The molecule has 1 aliphatic heterocycles. The number of nitrogens with zero attached hydrogens (tertiary/aromatic N) is 1. The van der Waals surface area contributed by atoms with Crippen LogP contribution in [-0.4, -0.2) is 45.5 Å². The first-order valence-electron chi connectivity index (χ1n) is 10.7. The van der Waals surface area contributed by atoms with Crippen molar-refractivity contribution >= 4 is 33.4 Å². The Bertz CT molecular complexity index is 1080. The van der Waals surface area contributed by atoms with Gasteiger partial charge in [0.15, 0.2) is 6.10 Å². The highest BCUT2D eigenvalue weighted by atomic mass is 32.2. The fourth-order valence-electron chi connectivity index (χ4n) is 3.48. The molecule has 0 spiro atoms. The van der Waals surface area contributed by atoms with Gasteiger partial charge < -0.3 is 10.1 Å². The average Bonchev–Trinajstić information content (AvgIpc) is 2.72. The SMILES string of the molecule is Cc1ccccc1CSCCNC(=O)C1CN(S(C)(=O)=O)c2cc(C(C)(C)C)ccc2O1. The molecule has 1 aliphatic rings. The minimum absolute atomic E-state index is 0.0401. The lowest BCUT2D eigenvalue weighted by atomic mass is 9.86. The molecule has 0 radical (unpaired) electrons. The summed E-state index contributed by atoms with van der Waals surface area (Å²) in [6, 6.07) is 13.8. The van der Waals surface area contributed by atoms with E-state index < -0.39 is 16.1 Å². The van der Waals surface area contributed by atoms with E-state index in [2.05, 4.69) is 45.1 Å². The monoisotopic (exact) mass is 476 g/mol. The summed E-state index contributed by atoms with van der Waals surface area (Å²) in [5.41, 5.74) is 3.89. The number of amides is 1. The number of carbonyl (C=O) groups is 1. The van der Waals surface area contributed by atoms with Crippen LogP contribution < -0.4 is 14.4 Å². The van der Waals surface area contributed by atoms with Gasteiger partial charge in [-0.1, -0.05) is 51.1 Å². The summed E-state index contributed by atoms with van der Waals surface area (Å²) in [5, 5.41) is 2.89. The molecule has 0 fully saturated rings. The maximum Gasteiger partial charge on any atom is 0.263 e. The van der Waals surface area contributed by atoms with Crippen molar-refractivity contribution in [2.24, 2.45) is 0 Å². The zero-order chi connectivity index (χ0) is 23.5. The van der Waals surface area contributed by atoms with E-state index in [1.54, 1.807) is 17.8 Å². The second-order valence-electron chi connectivity index (χ2n) is 9.10. The quantitative estimate of drug-likeness (QED) is 0.614. The number of rotatable bonds is 7. The predicted octanol–water partition coefficient (Wildman–Crippen LogP) is 3.87. The van der Waals surface area contributed by atoms with Crippen molar-refractivity contribution in [1.82, 2.24) is 5.32 Å². The summed E-state index contributed by atoms with van der Waals surface area (Å²) < 4.78 is 32.1. The molecule has 8 heteroatoms. The number of anilines is 1. The third-order valence-corrected chi connectivity index (χ3v) is 7.61. The van der Waals surface area contributed by atoms with Crippen molar-refractivity contribution in [3.8, 4) is 5.75 Å². The van der Waals surface area contributed by atoms with Crippen LogP contribution in [0.5, 0.6) is 5.75 Å². The molecule has 1 atom stereocenters. The van der Waals surface area contributed by atoms with Crippen LogP contribution in [-0.2, 0) is 26.0 Å². The Balaban J connectivity index is 1.62. The molecule has 3 rings (SSSR count). The Morgan fingerprint density at radius 3 is 2.59 bits per heavy atom. The molecule has 0 saturated heterocycles. The van der Waals surface area contributed by atoms with E-state index in [4.69, 9.17) is 4.74 Å². The Hall–Kier alpha value is -2.19. The third-order valence-electron chi connectivity index (χ3n) is 5.45. The highest BCUT2D eigenvalue weighted by Crippen LogP contribution is 2.38. The second kappa shape index (κ2) is 9.75. The van der Waals surface area contributed by atoms with Crippen LogP contribution >= 0.6 is 11.8 Å². The minimum atomic E-state index is -3.56. The van der Waals surface area contributed by atoms with E-state index in [0.717, 1.165) is 23.3 Å². The van der Waals surface area contributed by atoms with Crippen molar-refractivity contribution in [2.45, 2.75) is 45.0 Å². The molecule has 0 aromatic heterocycles. The number of aryl methyl sites for hydroxylation is 1. The lowest BCUT2D eigenvalue weighted by molar-refractivity contribution is -0.127. The maximum atomic E-state index is 12.7. The highest BCUT2D eigenvalue weighted by Gasteiger charge is 2.35. The van der Waals surface area contributed by atoms with Crippen molar-refractivity contribution < 1.29 is 17.9 Å². The van der Waals surface area contributed by atoms with Crippen LogP contribution in [0.15, 0.2) is 42.5 Å². The summed E-state index contributed by atoms with van der Waals surface area (Å²) in [4.78, 5) is 12.7. The summed E-state index contributed by atoms with van der Waals surface area (Å²) in [7, 11) is -3.56. The first kappa shape index (κ1) is 24.5. The van der Waals surface area contributed by atoms with Crippen molar-refractivity contribution in [1.29, 1.82) is 0 Å². The van der Waals surface area contributed by atoms with Crippen LogP contribution in [0.1, 0.15) is 37.5 Å². The number of ether oxygens (including phenoxy) is 1. The third kappa shape index (κ3) is 5.98. The van der Waals surface area contributed by atoms with Gasteiger partial charge in [-0.2, -0.15) is 11.8 Å². The molecule has 0 saturated carbocycles. The molecular formula is C24H32N2O4S2. The second-order valence-corrected chi connectivity index (χ2v) is 12.1. The van der Waals surface area contributed by atoms with Crippen LogP contribution in [0.25, 0.3) is 0 Å². The number of hydrogen-bond acceptors (Lipinski definition) is 5. The van der Waals surface area contributed by atoms with Gasteiger partial charge in [-0.05, 0) is 41.2 Å². The lowest BCUT2D eigenvalue weighted by Gasteiger charge is -2.35. The molecule has 1 amide bonds. The molecule has 32 heavy (non-hydrogen) atoms. The van der Waals surface area contributed by atoms with Gasteiger partial charge in [0.2, 0.25) is 10.0 Å². The topological polar surface area (TPSA) is 75.7 Å². The molecule has 2 aromatic carbocycles. The van der Waals surface area contributed by atoms with Gasteiger partial charge in [0.05, 0.1) is 18.5 Å². The van der Waals surface area contributed by atoms with E-state index in [1.165, 1.54) is 15.4 Å². The number of fused-ring (bicyclic) bond motifs is 1. The first-order chi connectivity index (χ1) is 15.0. The summed E-state index contributed by atoms with van der Waals surface area (Å²) in [6.07, 6.45) is 0.266. The summed E-state index contributed by atoms with van der Waals surface area (Å²) in [6.45, 7) is 8.74. The van der Waals surface area contributed by atoms with Crippen LogP contribution in [0, 0.1) is 6.92 Å². The zero-order valence-corrected chi connectivity index (χ0v) is 21.0. The number of benzene rings is 2. The number of nitrogens with one attached hydrogen (secondary N) is 1. The normalized spacial score (nSPS) is 16.3. The van der Waals surface area contributed by atoms with Crippen LogP contribution in [0.4, 0.5) is 5.69 Å². The molecule has 6 nitrogen and oxygen atoms in total. The Kier molecular flexibility index (Phi) is 7.45. The van der Waals surface area contributed by atoms with Gasteiger partial charge in [-0.3, -0.25) is 9.10 Å². The van der Waals surface area contributed by atoms with Gasteiger partial charge in [-0.25, -0.2) is 8.42 Å². The van der Waals surface area contributed by atoms with Crippen LogP contribution in [0.2, 0.25) is 0 Å². The van der Waals surface area contributed by atoms with Crippen molar-refractivity contribution in [2.75, 3.05) is 29.4 Å². The molecule has 174 valence electrons. The van der Waals surface area contributed by atoms with E-state index in [-0.39, 0.29) is 17.9 Å². The first-order valence-corrected chi connectivity index (χ1v) is 13.7. The van der Waals surface area contributed by atoms with Gasteiger partial charge in [-0.15, -0.1) is 0 Å². The number of sulfonamides is 1. The van der Waals surface area contributed by atoms with E-state index in [9.17, 15) is 13.2 Å². The predicted molar refractivity (Wildman–Crippen MR) is 132 cm³/mol. The van der Waals surface area contributed by atoms with E-state index in [1.807, 2.05) is 24.3 Å². The summed E-state index contributed by atoms with van der Waals surface area (Å²) in [5.74, 6) is 1.74. The lowest BCUT2D eigenvalue weighted by Crippen LogP contribution is -2.50. The summed E-state index contributed by atoms with van der Waals surface area (Å²) >= 11 is 1.74. The standard InChI is InChI=1S/C24H32N2O4S2/c1-17-8-6-7-9-18(17)16-31-13-12-25-23(27)22-15-26(32(5,28)29)20-14-19(24(2,3)4)10-11-21(20)30-22/h6-11,14,22H,12-13,15-16H2,1-5H3,(H,25,27). The number of carbonyl (C=O) groups excluding carboxylic acids is 1. The minimum Gasteiger partial charge on any atom is -0.476 e. The van der Waals surface area contributed by atoms with E-state index >= 15 is 0 Å². The van der Waals surface area contributed by atoms with Crippen molar-refractivity contribution in [3.05, 3.63) is 59.2 Å². The van der Waals surface area contributed by atoms with Crippen LogP contribution in [0.3, 0.4) is 0 Å². The Labute approximate surface area is 195 Å². The van der Waals surface area contributed by atoms with Gasteiger partial charge in [0.1, 0.15) is 5.75 Å². The smallest absolute Gasteiger partial charge is 0.263 e. The molecule has 1 heterocycles. The molecule has 1 unspecified atom stereocenters. The Morgan fingerprint density at radius 1 is 1.22 bits per heavy atom. The highest BCUT2D eigenvalue weighted by molar-refractivity contribution is 7.98. The van der Waals surface area contributed by atoms with E-state index in [0.29, 0.717) is 18.0 Å². The molecule has 0 bridgehead atoms. The number of hydrogen-bond donors (Lipinski definition) is 1. The molecule has 0 aliphatic carbocycles. The van der Waals surface area contributed by atoms with Gasteiger partial charge in [0.25, 0.3) is 5.91 Å².